The SMILES string of the molecule is NCCCCC(N)C(=O)NC(CCC(N)=O)C(=O)NC(CCC(N)=O)C(=O)NCC(=O)O. The van der Waals surface area contributed by atoms with E-state index in [0.717, 1.165) is 0 Å². The van der Waals surface area contributed by atoms with Gasteiger partial charge in [-0.15, -0.1) is 0 Å². The predicted octanol–water partition coefficient (Wildman–Crippen LogP) is -3.86. The maximum atomic E-state index is 12.7. The molecule has 0 saturated carbocycles. The van der Waals surface area contributed by atoms with Gasteiger partial charge in [0.15, 0.2) is 0 Å². The number of nitrogens with two attached hydrogens (primary N) is 4. The Kier molecular flexibility index (Phi) is 13.9. The summed E-state index contributed by atoms with van der Waals surface area (Å²) in [6.45, 7) is -0.268. The van der Waals surface area contributed by atoms with Crippen molar-refractivity contribution in [1.29, 1.82) is 0 Å². The minimum absolute atomic E-state index is 0.165. The van der Waals surface area contributed by atoms with E-state index in [4.69, 9.17) is 28.0 Å². The molecule has 0 aliphatic rings. The Labute approximate surface area is 185 Å². The summed E-state index contributed by atoms with van der Waals surface area (Å²) in [6, 6.07) is -3.48. The molecule has 182 valence electrons. The van der Waals surface area contributed by atoms with Crippen LogP contribution in [0.25, 0.3) is 0 Å². The van der Waals surface area contributed by atoms with Crippen LogP contribution in [-0.4, -0.2) is 71.8 Å². The fourth-order valence-corrected chi connectivity index (χ4v) is 2.59. The summed E-state index contributed by atoms with van der Waals surface area (Å²) >= 11 is 0. The number of hydrogen-bond donors (Lipinski definition) is 8. The lowest BCUT2D eigenvalue weighted by atomic mass is 10.1. The van der Waals surface area contributed by atoms with Crippen molar-refractivity contribution >= 4 is 35.5 Å². The largest absolute Gasteiger partial charge is 0.480 e. The maximum Gasteiger partial charge on any atom is 0.322 e. The summed E-state index contributed by atoms with van der Waals surface area (Å²) in [5.74, 6) is -5.11. The molecule has 0 bridgehead atoms. The second-order valence-corrected chi connectivity index (χ2v) is 7.13. The molecule has 0 heterocycles. The van der Waals surface area contributed by atoms with E-state index >= 15 is 0 Å². The lowest BCUT2D eigenvalue weighted by Crippen LogP contribution is -2.56. The number of carboxylic acids is 1. The van der Waals surface area contributed by atoms with Crippen LogP contribution in [0.15, 0.2) is 0 Å². The van der Waals surface area contributed by atoms with Crippen LogP contribution in [0.3, 0.4) is 0 Å². The second-order valence-electron chi connectivity index (χ2n) is 7.13. The van der Waals surface area contributed by atoms with E-state index < -0.39 is 60.2 Å². The maximum absolute atomic E-state index is 12.7. The predicted molar refractivity (Wildman–Crippen MR) is 112 cm³/mol. The van der Waals surface area contributed by atoms with Crippen LogP contribution in [0.2, 0.25) is 0 Å². The van der Waals surface area contributed by atoms with Gasteiger partial charge in [-0.2, -0.15) is 0 Å². The Balaban J connectivity index is 5.28. The molecule has 0 aliphatic heterocycles. The lowest BCUT2D eigenvalue weighted by molar-refractivity contribution is -0.138. The molecule has 5 amide bonds. The fraction of sp³-hybridized carbons (Fsp3) is 0.667. The molecular weight excluding hydrogens is 426 g/mol. The van der Waals surface area contributed by atoms with Crippen LogP contribution in [-0.2, 0) is 28.8 Å². The summed E-state index contributed by atoms with van der Waals surface area (Å²) in [6.07, 6.45) is 0.713. The van der Waals surface area contributed by atoms with Crippen molar-refractivity contribution in [3.8, 4) is 0 Å². The molecule has 0 aromatic heterocycles. The van der Waals surface area contributed by atoms with E-state index in [-0.39, 0.29) is 25.7 Å². The fourth-order valence-electron chi connectivity index (χ4n) is 2.59. The van der Waals surface area contributed by atoms with Crippen LogP contribution in [0, 0.1) is 0 Å². The molecule has 3 atom stereocenters. The highest BCUT2D eigenvalue weighted by atomic mass is 16.4. The summed E-state index contributed by atoms with van der Waals surface area (Å²) < 4.78 is 0. The number of primary amides is 2. The van der Waals surface area contributed by atoms with Gasteiger partial charge in [-0.25, -0.2) is 0 Å². The Morgan fingerprint density at radius 2 is 1.25 bits per heavy atom. The van der Waals surface area contributed by atoms with Crippen LogP contribution < -0.4 is 38.9 Å². The monoisotopic (exact) mass is 459 g/mol. The molecule has 32 heavy (non-hydrogen) atoms. The molecule has 0 rings (SSSR count). The van der Waals surface area contributed by atoms with E-state index in [1.54, 1.807) is 0 Å². The number of carbonyl (C=O) groups excluding carboxylic acids is 5. The summed E-state index contributed by atoms with van der Waals surface area (Å²) in [5, 5.41) is 15.6. The first-order chi connectivity index (χ1) is 15.0. The Bertz CT molecular complexity index is 687. The average Bonchev–Trinajstić information content (AvgIpc) is 2.71. The van der Waals surface area contributed by atoms with Crippen molar-refractivity contribution < 1.29 is 33.9 Å². The van der Waals surface area contributed by atoms with Crippen LogP contribution in [0.5, 0.6) is 0 Å². The van der Waals surface area contributed by atoms with Gasteiger partial charge < -0.3 is 44.0 Å². The van der Waals surface area contributed by atoms with Gasteiger partial charge in [0.25, 0.3) is 0 Å². The van der Waals surface area contributed by atoms with Crippen LogP contribution in [0.1, 0.15) is 44.9 Å². The molecule has 0 radical (unpaired) electrons. The molecule has 3 unspecified atom stereocenters. The zero-order valence-electron chi connectivity index (χ0n) is 17.8. The number of nitrogens with one attached hydrogen (secondary N) is 3. The highest BCUT2D eigenvalue weighted by Crippen LogP contribution is 2.04. The van der Waals surface area contributed by atoms with Crippen molar-refractivity contribution in [1.82, 2.24) is 16.0 Å². The average molecular weight is 460 g/mol. The quantitative estimate of drug-likeness (QED) is 0.0987. The topological polar surface area (TPSA) is 263 Å². The number of amides is 5. The van der Waals surface area contributed by atoms with Crippen molar-refractivity contribution in [2.75, 3.05) is 13.1 Å². The van der Waals surface area contributed by atoms with Crippen molar-refractivity contribution in [2.24, 2.45) is 22.9 Å². The molecule has 14 nitrogen and oxygen atoms in total. The number of carbonyl (C=O) groups is 6. The lowest BCUT2D eigenvalue weighted by Gasteiger charge is -2.23. The van der Waals surface area contributed by atoms with E-state index in [1.807, 2.05) is 0 Å². The van der Waals surface area contributed by atoms with Gasteiger partial charge in [-0.3, -0.25) is 28.8 Å². The number of hydrogen-bond acceptors (Lipinski definition) is 8. The number of unbranched alkanes of at least 4 members (excludes halogenated alkanes) is 1. The van der Waals surface area contributed by atoms with E-state index in [2.05, 4.69) is 16.0 Å². The number of rotatable bonds is 17. The first-order valence-electron chi connectivity index (χ1n) is 10.1. The normalized spacial score (nSPS) is 13.3. The van der Waals surface area contributed by atoms with Crippen molar-refractivity contribution in [2.45, 2.75) is 63.1 Å². The van der Waals surface area contributed by atoms with Gasteiger partial charge in [0.05, 0.1) is 6.04 Å². The zero-order valence-corrected chi connectivity index (χ0v) is 17.8. The van der Waals surface area contributed by atoms with E-state index in [0.29, 0.717) is 25.8 Å². The zero-order chi connectivity index (χ0) is 24.7. The van der Waals surface area contributed by atoms with E-state index in [9.17, 15) is 28.8 Å². The molecule has 14 heteroatoms. The van der Waals surface area contributed by atoms with Gasteiger partial charge in [0, 0.05) is 12.8 Å². The number of carboxylic acid groups (broad SMARTS) is 1. The van der Waals surface area contributed by atoms with Gasteiger partial charge >= 0.3 is 5.97 Å². The first-order valence-corrected chi connectivity index (χ1v) is 10.1. The molecule has 0 aromatic rings. The third-order valence-corrected chi connectivity index (χ3v) is 4.34. The molecule has 0 saturated heterocycles. The standard InChI is InChI=1S/C18H33N7O7/c19-8-2-1-3-10(20)16(30)24-12(5-7-14(22)27)18(32)25-11(4-6-13(21)26)17(31)23-9-15(28)29/h10-12H,1-9,19-20H2,(H2,21,26)(H2,22,27)(H,23,31)(H,24,30)(H,25,32)(H,28,29). The summed E-state index contributed by atoms with van der Waals surface area (Å²) in [4.78, 5) is 70.2. The summed E-state index contributed by atoms with van der Waals surface area (Å²) in [5.41, 5.74) is 21.4. The summed E-state index contributed by atoms with van der Waals surface area (Å²) in [7, 11) is 0. The molecule has 0 aliphatic carbocycles. The molecule has 0 spiro atoms. The smallest absolute Gasteiger partial charge is 0.322 e. The van der Waals surface area contributed by atoms with Gasteiger partial charge in [0.1, 0.15) is 18.6 Å². The van der Waals surface area contributed by atoms with Gasteiger partial charge in [0.2, 0.25) is 29.5 Å². The number of aliphatic carboxylic acids is 1. The third kappa shape index (κ3) is 13.1. The minimum Gasteiger partial charge on any atom is -0.480 e. The molecule has 12 N–H and O–H groups in total. The second kappa shape index (κ2) is 15.5. The Morgan fingerprint density at radius 1 is 0.750 bits per heavy atom. The van der Waals surface area contributed by atoms with E-state index in [1.165, 1.54) is 0 Å². The molecular formula is C18H33N7O7. The molecule has 0 aromatic carbocycles. The first kappa shape index (κ1) is 28.7. The van der Waals surface area contributed by atoms with Crippen LogP contribution in [0.4, 0.5) is 0 Å². The molecule has 0 fully saturated rings. The highest BCUT2D eigenvalue weighted by Gasteiger charge is 2.28. The van der Waals surface area contributed by atoms with Gasteiger partial charge in [-0.1, -0.05) is 6.42 Å². The highest BCUT2D eigenvalue weighted by molar-refractivity contribution is 5.94. The van der Waals surface area contributed by atoms with Crippen LogP contribution >= 0.6 is 0 Å². The minimum atomic E-state index is -1.31. The van der Waals surface area contributed by atoms with Gasteiger partial charge in [-0.05, 0) is 32.2 Å². The van der Waals surface area contributed by atoms with Crippen molar-refractivity contribution in [3.63, 3.8) is 0 Å². The Morgan fingerprint density at radius 3 is 1.72 bits per heavy atom. The van der Waals surface area contributed by atoms with Crippen molar-refractivity contribution in [3.05, 3.63) is 0 Å². The third-order valence-electron chi connectivity index (χ3n) is 4.34. The Hall–Kier alpha value is -3.26.